The first-order valence-electron chi connectivity index (χ1n) is 14.4. The summed E-state index contributed by atoms with van der Waals surface area (Å²) in [5.41, 5.74) is 12.9. The zero-order chi connectivity index (χ0) is 28.0. The third-order valence-corrected chi connectivity index (χ3v) is 8.07. The van der Waals surface area contributed by atoms with Crippen LogP contribution in [0.5, 0.6) is 0 Å². The van der Waals surface area contributed by atoms with Crippen LogP contribution >= 0.6 is 0 Å². The molecule has 5 nitrogen and oxygen atoms in total. The molecule has 5 heteroatoms. The highest BCUT2D eigenvalue weighted by Gasteiger charge is 2.22. The lowest BCUT2D eigenvalue weighted by molar-refractivity contribution is -0.146. The van der Waals surface area contributed by atoms with Crippen LogP contribution in [0.15, 0.2) is 84.9 Å². The van der Waals surface area contributed by atoms with Crippen LogP contribution in [0.4, 0.5) is 0 Å². The molecule has 0 unspecified atom stereocenters. The predicted octanol–water partition coefficient (Wildman–Crippen LogP) is 6.50. The Kier molecular flexibility index (Phi) is 8.24. The van der Waals surface area contributed by atoms with Gasteiger partial charge in [0.25, 0.3) is 0 Å². The van der Waals surface area contributed by atoms with Crippen molar-refractivity contribution in [1.82, 2.24) is 0 Å². The van der Waals surface area contributed by atoms with E-state index in [9.17, 15) is 9.59 Å². The molecule has 0 spiro atoms. The number of ether oxygens (including phenoxy) is 3. The molecular formula is C36H34O5. The Balaban J connectivity index is 0.847. The summed E-state index contributed by atoms with van der Waals surface area (Å²) in [6.45, 7) is 0.922. The molecule has 0 atom stereocenters. The Morgan fingerprint density at radius 2 is 0.951 bits per heavy atom. The zero-order valence-electron chi connectivity index (χ0n) is 23.2. The molecule has 0 saturated carbocycles. The highest BCUT2D eigenvalue weighted by Crippen LogP contribution is 2.39. The third kappa shape index (κ3) is 6.10. The molecule has 4 aromatic carbocycles. The number of carbonyl (C=O) groups is 2. The Bertz CT molecular complexity index is 1450. The second-order valence-corrected chi connectivity index (χ2v) is 10.6. The zero-order valence-corrected chi connectivity index (χ0v) is 23.2. The quantitative estimate of drug-likeness (QED) is 0.130. The molecule has 0 bridgehead atoms. The Morgan fingerprint density at radius 1 is 0.512 bits per heavy atom. The number of rotatable bonds is 12. The summed E-state index contributed by atoms with van der Waals surface area (Å²) in [6, 6.07) is 29.6. The van der Waals surface area contributed by atoms with Crippen molar-refractivity contribution in [1.29, 1.82) is 0 Å². The summed E-state index contributed by atoms with van der Waals surface area (Å²) >= 11 is 0. The molecule has 4 aromatic rings. The molecule has 0 N–H and O–H groups in total. The molecular weight excluding hydrogens is 512 g/mol. The molecule has 0 aromatic heterocycles. The maximum absolute atomic E-state index is 12.3. The minimum atomic E-state index is -0.233. The van der Waals surface area contributed by atoms with Crippen LogP contribution in [0.1, 0.15) is 46.2 Å². The summed E-state index contributed by atoms with van der Waals surface area (Å²) in [5.74, 6) is -0.465. The topological polar surface area (TPSA) is 61.8 Å². The Labute approximate surface area is 241 Å². The van der Waals surface area contributed by atoms with Gasteiger partial charge in [0, 0.05) is 12.8 Å². The van der Waals surface area contributed by atoms with E-state index >= 15 is 0 Å². The molecule has 41 heavy (non-hydrogen) atoms. The third-order valence-electron chi connectivity index (χ3n) is 8.07. The summed E-state index contributed by atoms with van der Waals surface area (Å²) in [7, 11) is 0. The van der Waals surface area contributed by atoms with Crippen LogP contribution in [-0.4, -0.2) is 38.4 Å². The molecule has 0 fully saturated rings. The van der Waals surface area contributed by atoms with Crippen LogP contribution in [0.2, 0.25) is 0 Å². The van der Waals surface area contributed by atoms with Gasteiger partial charge in [0.1, 0.15) is 13.2 Å². The fourth-order valence-corrected chi connectivity index (χ4v) is 6.06. The van der Waals surface area contributed by atoms with Crippen LogP contribution in [0.3, 0.4) is 0 Å². The van der Waals surface area contributed by atoms with Crippen molar-refractivity contribution in [3.8, 4) is 22.3 Å². The van der Waals surface area contributed by atoms with Crippen molar-refractivity contribution in [2.45, 2.75) is 38.5 Å². The van der Waals surface area contributed by atoms with Gasteiger partial charge in [-0.15, -0.1) is 0 Å². The molecule has 0 amide bonds. The number of aryl methyl sites for hydroxylation is 2. The van der Waals surface area contributed by atoms with E-state index in [-0.39, 0.29) is 38.4 Å². The largest absolute Gasteiger partial charge is 0.463 e. The van der Waals surface area contributed by atoms with Gasteiger partial charge in [0.2, 0.25) is 0 Å². The highest BCUT2D eigenvalue weighted by molar-refractivity contribution is 5.79. The van der Waals surface area contributed by atoms with Gasteiger partial charge in [-0.3, -0.25) is 9.59 Å². The van der Waals surface area contributed by atoms with E-state index in [2.05, 4.69) is 84.9 Å². The smallest absolute Gasteiger partial charge is 0.306 e. The second-order valence-electron chi connectivity index (χ2n) is 10.6. The molecule has 208 valence electrons. The minimum absolute atomic E-state index is 0.187. The van der Waals surface area contributed by atoms with Gasteiger partial charge in [-0.05, 0) is 81.3 Å². The Morgan fingerprint density at radius 3 is 1.44 bits per heavy atom. The van der Waals surface area contributed by atoms with E-state index in [0.29, 0.717) is 25.7 Å². The first-order valence-corrected chi connectivity index (χ1v) is 14.4. The van der Waals surface area contributed by atoms with E-state index in [0.717, 1.165) is 12.8 Å². The fourth-order valence-electron chi connectivity index (χ4n) is 6.06. The van der Waals surface area contributed by atoms with Gasteiger partial charge in [-0.1, -0.05) is 84.9 Å². The Hall–Kier alpha value is -4.22. The lowest BCUT2D eigenvalue weighted by Crippen LogP contribution is -2.15. The van der Waals surface area contributed by atoms with Crippen molar-refractivity contribution < 1.29 is 23.8 Å². The van der Waals surface area contributed by atoms with Crippen LogP contribution in [-0.2, 0) is 49.5 Å². The van der Waals surface area contributed by atoms with Crippen molar-refractivity contribution in [2.24, 2.45) is 0 Å². The number of esters is 2. The number of carbonyl (C=O) groups excluding carboxylic acids is 2. The van der Waals surface area contributed by atoms with Crippen molar-refractivity contribution in [3.05, 3.63) is 118 Å². The number of hydrogen-bond acceptors (Lipinski definition) is 5. The van der Waals surface area contributed by atoms with Crippen molar-refractivity contribution in [3.63, 3.8) is 0 Å². The molecule has 2 aliphatic carbocycles. The molecule has 6 rings (SSSR count). The van der Waals surface area contributed by atoms with E-state index in [1.165, 1.54) is 55.6 Å². The van der Waals surface area contributed by atoms with E-state index in [4.69, 9.17) is 14.2 Å². The van der Waals surface area contributed by atoms with Crippen LogP contribution < -0.4 is 0 Å². The lowest BCUT2D eigenvalue weighted by Gasteiger charge is -2.10. The maximum Gasteiger partial charge on any atom is 0.306 e. The molecule has 0 aliphatic heterocycles. The first-order chi connectivity index (χ1) is 20.2. The molecule has 2 aliphatic rings. The van der Waals surface area contributed by atoms with Gasteiger partial charge in [-0.25, -0.2) is 0 Å². The average Bonchev–Trinajstić information content (AvgIpc) is 3.58. The average molecular weight is 547 g/mol. The van der Waals surface area contributed by atoms with E-state index < -0.39 is 0 Å². The molecule has 0 saturated heterocycles. The summed E-state index contributed by atoms with van der Waals surface area (Å²) in [4.78, 5) is 24.6. The van der Waals surface area contributed by atoms with Gasteiger partial charge in [0.05, 0.1) is 13.2 Å². The van der Waals surface area contributed by atoms with Crippen LogP contribution in [0, 0.1) is 0 Å². The molecule has 0 heterocycles. The normalized spacial score (nSPS) is 12.3. The van der Waals surface area contributed by atoms with Gasteiger partial charge in [0.15, 0.2) is 0 Å². The number of hydrogen-bond donors (Lipinski definition) is 0. The van der Waals surface area contributed by atoms with Crippen LogP contribution in [0.25, 0.3) is 22.3 Å². The summed E-state index contributed by atoms with van der Waals surface area (Å²) in [6.07, 6.45) is 3.82. The summed E-state index contributed by atoms with van der Waals surface area (Å²) < 4.78 is 16.2. The maximum atomic E-state index is 12.3. The van der Waals surface area contributed by atoms with Gasteiger partial charge in [-0.2, -0.15) is 0 Å². The van der Waals surface area contributed by atoms with Gasteiger partial charge >= 0.3 is 11.9 Å². The van der Waals surface area contributed by atoms with Crippen molar-refractivity contribution >= 4 is 11.9 Å². The monoisotopic (exact) mass is 546 g/mol. The summed E-state index contributed by atoms with van der Waals surface area (Å²) in [5, 5.41) is 0. The lowest BCUT2D eigenvalue weighted by atomic mass is 9.98. The number of benzene rings is 4. The fraction of sp³-hybridized carbons (Fsp3) is 0.278. The second kappa shape index (κ2) is 12.5. The van der Waals surface area contributed by atoms with E-state index in [1.54, 1.807) is 0 Å². The highest BCUT2D eigenvalue weighted by atomic mass is 16.6. The molecule has 0 radical (unpaired) electrons. The van der Waals surface area contributed by atoms with Gasteiger partial charge < -0.3 is 14.2 Å². The predicted molar refractivity (Wildman–Crippen MR) is 159 cm³/mol. The SMILES string of the molecule is O=C(CCc1cccc2c1Cc1ccccc1-2)OCCOCCOC(=O)CCc1cccc2c1Cc1ccccc1-2. The number of fused-ring (bicyclic) bond motifs is 6. The van der Waals surface area contributed by atoms with Crippen molar-refractivity contribution in [2.75, 3.05) is 26.4 Å². The first kappa shape index (κ1) is 27.0. The minimum Gasteiger partial charge on any atom is -0.463 e. The standard InChI is InChI=1S/C36H34O5/c37-35(17-15-25-9-5-13-31-29-11-3-1-7-27(29)23-33(25)31)40-21-19-39-20-22-41-36(38)18-16-26-10-6-14-32-30-12-4-2-8-28(30)24-34(26)32/h1-14H,15-24H2. The van der Waals surface area contributed by atoms with E-state index in [1.807, 2.05) is 0 Å².